The Morgan fingerprint density at radius 1 is 1.15 bits per heavy atom. The highest BCUT2D eigenvalue weighted by molar-refractivity contribution is 6.00. The normalized spacial score (nSPS) is 20.2. The number of aryl methyl sites for hydroxylation is 1. The first-order valence-corrected chi connectivity index (χ1v) is 8.82. The fraction of sp³-hybridized carbons (Fsp3) is 0.350. The maximum atomic E-state index is 12.7. The van der Waals surface area contributed by atoms with E-state index < -0.39 is 0 Å². The van der Waals surface area contributed by atoms with Gasteiger partial charge in [-0.05, 0) is 31.2 Å². The predicted molar refractivity (Wildman–Crippen MR) is 96.9 cm³/mol. The Kier molecular flexibility index (Phi) is 4.32. The lowest BCUT2D eigenvalue weighted by molar-refractivity contribution is -0.144. The van der Waals surface area contributed by atoms with Gasteiger partial charge in [0, 0.05) is 24.8 Å². The van der Waals surface area contributed by atoms with Crippen molar-refractivity contribution in [2.75, 3.05) is 24.5 Å². The van der Waals surface area contributed by atoms with E-state index in [9.17, 15) is 9.59 Å². The lowest BCUT2D eigenvalue weighted by Gasteiger charge is -2.40. The average Bonchev–Trinajstić information content (AvgIpc) is 3.01. The number of carbonyl (C=O) groups is 2. The summed E-state index contributed by atoms with van der Waals surface area (Å²) >= 11 is 0. The van der Waals surface area contributed by atoms with E-state index in [1.54, 1.807) is 22.2 Å². The highest BCUT2D eigenvalue weighted by atomic mass is 16.5. The van der Waals surface area contributed by atoms with Gasteiger partial charge in [0.1, 0.15) is 11.9 Å². The zero-order chi connectivity index (χ0) is 18.1. The van der Waals surface area contributed by atoms with Crippen molar-refractivity contribution in [1.82, 2.24) is 9.88 Å². The van der Waals surface area contributed by atoms with Gasteiger partial charge >= 0.3 is 0 Å². The molecule has 4 rings (SSSR count). The Labute approximate surface area is 152 Å². The van der Waals surface area contributed by atoms with Crippen LogP contribution in [0.25, 0.3) is 0 Å². The van der Waals surface area contributed by atoms with E-state index in [4.69, 9.17) is 4.74 Å². The van der Waals surface area contributed by atoms with Crippen molar-refractivity contribution in [3.63, 3.8) is 0 Å². The molecule has 0 unspecified atom stereocenters. The molecule has 3 heterocycles. The van der Waals surface area contributed by atoms with E-state index in [1.165, 1.54) is 0 Å². The second-order valence-electron chi connectivity index (χ2n) is 6.91. The van der Waals surface area contributed by atoms with Gasteiger partial charge in [-0.2, -0.15) is 0 Å². The van der Waals surface area contributed by atoms with Crippen LogP contribution in [0.5, 0.6) is 5.75 Å². The number of hydrogen-bond acceptors (Lipinski definition) is 4. The molecule has 0 bridgehead atoms. The van der Waals surface area contributed by atoms with Crippen molar-refractivity contribution < 1.29 is 14.3 Å². The first kappa shape index (κ1) is 16.6. The van der Waals surface area contributed by atoms with Crippen molar-refractivity contribution in [2.45, 2.75) is 19.4 Å². The molecule has 0 saturated carbocycles. The van der Waals surface area contributed by atoms with E-state index in [0.717, 1.165) is 11.3 Å². The van der Waals surface area contributed by atoms with Crippen LogP contribution in [0, 0.1) is 12.8 Å². The first-order valence-electron chi connectivity index (χ1n) is 8.82. The van der Waals surface area contributed by atoms with Gasteiger partial charge < -0.3 is 14.5 Å². The van der Waals surface area contributed by atoms with E-state index in [0.29, 0.717) is 25.4 Å². The predicted octanol–water partition coefficient (Wildman–Crippen LogP) is 2.03. The van der Waals surface area contributed by atoms with Gasteiger partial charge in [0.25, 0.3) is 0 Å². The van der Waals surface area contributed by atoms with Crippen LogP contribution in [-0.4, -0.2) is 47.4 Å². The number of benzene rings is 1. The third-order valence-corrected chi connectivity index (χ3v) is 4.92. The molecule has 26 heavy (non-hydrogen) atoms. The highest BCUT2D eigenvalue weighted by Gasteiger charge is 2.41. The molecule has 0 N–H and O–H groups in total. The summed E-state index contributed by atoms with van der Waals surface area (Å²) in [5, 5.41) is 0. The fourth-order valence-corrected chi connectivity index (χ4v) is 3.41. The molecule has 0 aliphatic carbocycles. The van der Waals surface area contributed by atoms with E-state index in [-0.39, 0.29) is 30.3 Å². The number of aromatic nitrogens is 1. The molecule has 2 fully saturated rings. The number of ether oxygens (including phenoxy) is 1. The van der Waals surface area contributed by atoms with Gasteiger partial charge in [-0.1, -0.05) is 17.7 Å². The number of hydrogen-bond donors (Lipinski definition) is 0. The highest BCUT2D eigenvalue weighted by Crippen LogP contribution is 2.28. The zero-order valence-electron chi connectivity index (χ0n) is 14.7. The second kappa shape index (κ2) is 6.78. The molecule has 6 nitrogen and oxygen atoms in total. The first-order chi connectivity index (χ1) is 12.6. The summed E-state index contributed by atoms with van der Waals surface area (Å²) in [5.41, 5.74) is 2.01. The van der Waals surface area contributed by atoms with Crippen molar-refractivity contribution in [3.05, 3.63) is 54.4 Å². The molecule has 0 radical (unpaired) electrons. The maximum absolute atomic E-state index is 12.7. The van der Waals surface area contributed by atoms with Crippen LogP contribution in [0.1, 0.15) is 12.0 Å². The summed E-state index contributed by atoms with van der Waals surface area (Å²) in [5.74, 6) is 0.490. The summed E-state index contributed by atoms with van der Waals surface area (Å²) in [6.07, 6.45) is 3.63. The van der Waals surface area contributed by atoms with Crippen LogP contribution in [-0.2, 0) is 9.59 Å². The number of nitrogens with zero attached hydrogens (tertiary/aromatic N) is 3. The summed E-state index contributed by atoms with van der Waals surface area (Å²) in [4.78, 5) is 32.5. The van der Waals surface area contributed by atoms with Gasteiger partial charge in [0.05, 0.1) is 25.2 Å². The Morgan fingerprint density at radius 2 is 1.92 bits per heavy atom. The van der Waals surface area contributed by atoms with Gasteiger partial charge in [0.15, 0.2) is 0 Å². The zero-order valence-corrected chi connectivity index (χ0v) is 14.7. The lowest BCUT2D eigenvalue weighted by Crippen LogP contribution is -2.57. The third-order valence-electron chi connectivity index (χ3n) is 4.92. The minimum atomic E-state index is -0.275. The molecule has 0 spiro atoms. The molecule has 2 aliphatic rings. The minimum absolute atomic E-state index is 0.00606. The fourth-order valence-electron chi connectivity index (χ4n) is 3.41. The minimum Gasteiger partial charge on any atom is -0.485 e. The Balaban J connectivity index is 1.32. The van der Waals surface area contributed by atoms with Crippen LogP contribution < -0.4 is 9.64 Å². The lowest BCUT2D eigenvalue weighted by atomic mass is 10.0. The molecular weight excluding hydrogens is 330 g/mol. The number of rotatable bonds is 4. The molecular formula is C20H21N3O3. The van der Waals surface area contributed by atoms with Crippen molar-refractivity contribution >= 4 is 17.5 Å². The third kappa shape index (κ3) is 3.27. The Bertz CT molecular complexity index is 801. The second-order valence-corrected chi connectivity index (χ2v) is 6.91. The average molecular weight is 351 g/mol. The molecule has 1 aromatic heterocycles. The van der Waals surface area contributed by atoms with Gasteiger partial charge in [-0.15, -0.1) is 0 Å². The molecule has 1 aromatic carbocycles. The van der Waals surface area contributed by atoms with E-state index >= 15 is 0 Å². The van der Waals surface area contributed by atoms with Crippen LogP contribution in [0.4, 0.5) is 5.69 Å². The number of amides is 2. The van der Waals surface area contributed by atoms with Gasteiger partial charge in [0.2, 0.25) is 11.8 Å². The quantitative estimate of drug-likeness (QED) is 0.846. The van der Waals surface area contributed by atoms with Crippen LogP contribution >= 0.6 is 0 Å². The monoisotopic (exact) mass is 351 g/mol. The topological polar surface area (TPSA) is 62.7 Å². The largest absolute Gasteiger partial charge is 0.485 e. The number of likely N-dealkylation sites (tertiary alicyclic amines) is 1. The molecule has 2 aliphatic heterocycles. The summed E-state index contributed by atoms with van der Waals surface area (Å²) < 4.78 is 5.78. The molecule has 2 amide bonds. The molecule has 6 heteroatoms. The standard InChI is InChI=1S/C20H21N3O3/c1-14-4-6-16(7-5-14)23-11-15(9-19(23)24)20(25)22-12-18(13-22)26-17-3-2-8-21-10-17/h2-8,10,15,18H,9,11-13H2,1H3/t15-/m0/s1. The van der Waals surface area contributed by atoms with Gasteiger partial charge in [-0.3, -0.25) is 14.6 Å². The number of carbonyl (C=O) groups excluding carboxylic acids is 2. The van der Waals surface area contributed by atoms with Crippen molar-refractivity contribution in [2.24, 2.45) is 5.92 Å². The smallest absolute Gasteiger partial charge is 0.228 e. The molecule has 2 saturated heterocycles. The van der Waals surface area contributed by atoms with Crippen molar-refractivity contribution in [1.29, 1.82) is 0 Å². The van der Waals surface area contributed by atoms with Gasteiger partial charge in [-0.25, -0.2) is 0 Å². The summed E-state index contributed by atoms with van der Waals surface area (Å²) in [6.45, 7) is 3.58. The molecule has 2 aromatic rings. The Hall–Kier alpha value is -2.89. The summed E-state index contributed by atoms with van der Waals surface area (Å²) in [6, 6.07) is 11.5. The van der Waals surface area contributed by atoms with Crippen LogP contribution in [0.3, 0.4) is 0 Å². The Morgan fingerprint density at radius 3 is 2.62 bits per heavy atom. The maximum Gasteiger partial charge on any atom is 0.228 e. The number of pyridine rings is 1. The van der Waals surface area contributed by atoms with Crippen molar-refractivity contribution in [3.8, 4) is 5.75 Å². The molecule has 1 atom stereocenters. The SMILES string of the molecule is Cc1ccc(N2C[C@@H](C(=O)N3CC(Oc4cccnc4)C3)CC2=O)cc1. The number of anilines is 1. The van der Waals surface area contributed by atoms with Crippen LogP contribution in [0.15, 0.2) is 48.8 Å². The van der Waals surface area contributed by atoms with E-state index in [2.05, 4.69) is 4.98 Å². The molecule has 134 valence electrons. The van der Waals surface area contributed by atoms with Crippen LogP contribution in [0.2, 0.25) is 0 Å². The van der Waals surface area contributed by atoms with E-state index in [1.807, 2.05) is 43.3 Å². The summed E-state index contributed by atoms with van der Waals surface area (Å²) in [7, 11) is 0.